The molecule has 0 saturated heterocycles. The van der Waals surface area contributed by atoms with E-state index in [1.807, 2.05) is 0 Å². The first kappa shape index (κ1) is 23.2. The van der Waals surface area contributed by atoms with Gasteiger partial charge in [0.1, 0.15) is 0 Å². The van der Waals surface area contributed by atoms with Gasteiger partial charge in [0.2, 0.25) is 0 Å². The molecule has 30 heavy (non-hydrogen) atoms. The largest absolute Gasteiger partial charge is 0.469 e. The van der Waals surface area contributed by atoms with Crippen LogP contribution < -0.4 is 0 Å². The molecule has 0 aliphatic heterocycles. The van der Waals surface area contributed by atoms with Crippen molar-refractivity contribution in [2.75, 3.05) is 6.61 Å². The molecule has 0 aromatic carbocycles. The zero-order valence-corrected chi connectivity index (χ0v) is 20.0. The minimum atomic E-state index is -4.34. The fourth-order valence-electron chi connectivity index (χ4n) is 9.00. The number of hydrogen-bond donors (Lipinski definition) is 3. The van der Waals surface area contributed by atoms with Gasteiger partial charge >= 0.3 is 7.82 Å². The molecule has 0 amide bonds. The first-order valence-electron chi connectivity index (χ1n) is 12.4. The van der Waals surface area contributed by atoms with Crippen LogP contribution in [0, 0.1) is 46.3 Å². The lowest BCUT2D eigenvalue weighted by molar-refractivity contribution is -0.129. The van der Waals surface area contributed by atoms with Crippen molar-refractivity contribution in [2.24, 2.45) is 46.3 Å². The van der Waals surface area contributed by atoms with Gasteiger partial charge in [-0.1, -0.05) is 20.8 Å². The Labute approximate surface area is 182 Å². The minimum Gasteiger partial charge on any atom is -0.393 e. The Morgan fingerprint density at radius 2 is 1.70 bits per heavy atom. The zero-order valence-electron chi connectivity index (χ0n) is 19.1. The molecule has 5 nitrogen and oxygen atoms in total. The van der Waals surface area contributed by atoms with E-state index in [-0.39, 0.29) is 12.7 Å². The summed E-state index contributed by atoms with van der Waals surface area (Å²) in [6.45, 7) is 7.62. The first-order chi connectivity index (χ1) is 14.0. The van der Waals surface area contributed by atoms with E-state index in [1.54, 1.807) is 0 Å². The topological polar surface area (TPSA) is 87.0 Å². The van der Waals surface area contributed by atoms with Crippen LogP contribution in [-0.2, 0) is 9.09 Å². The number of phosphoric ester groups is 1. The molecule has 4 aliphatic carbocycles. The molecule has 4 rings (SSSR count). The smallest absolute Gasteiger partial charge is 0.393 e. The van der Waals surface area contributed by atoms with Crippen molar-refractivity contribution in [1.29, 1.82) is 0 Å². The summed E-state index contributed by atoms with van der Waals surface area (Å²) >= 11 is 0. The molecular weight excluding hydrogens is 399 g/mol. The van der Waals surface area contributed by atoms with Crippen LogP contribution in [0.3, 0.4) is 0 Å². The third-order valence-electron chi connectivity index (χ3n) is 10.5. The second-order valence-corrected chi connectivity index (χ2v) is 13.0. The Morgan fingerprint density at radius 1 is 1.00 bits per heavy atom. The van der Waals surface area contributed by atoms with Crippen LogP contribution in [-0.4, -0.2) is 27.6 Å². The molecule has 4 aliphatic rings. The van der Waals surface area contributed by atoms with E-state index < -0.39 is 7.82 Å². The van der Waals surface area contributed by atoms with Crippen molar-refractivity contribution < 1.29 is 24.0 Å². The third-order valence-corrected chi connectivity index (χ3v) is 11.0. The maximum atomic E-state index is 10.9. The van der Waals surface area contributed by atoms with Gasteiger partial charge in [-0.05, 0) is 117 Å². The van der Waals surface area contributed by atoms with Crippen LogP contribution in [0.5, 0.6) is 0 Å². The maximum absolute atomic E-state index is 10.9. The molecule has 1 unspecified atom stereocenters. The second kappa shape index (κ2) is 8.45. The van der Waals surface area contributed by atoms with Crippen molar-refractivity contribution in [3.05, 3.63) is 0 Å². The Hall–Kier alpha value is 0.0700. The zero-order chi connectivity index (χ0) is 21.7. The summed E-state index contributed by atoms with van der Waals surface area (Å²) in [5.41, 5.74) is 0.856. The standard InChI is InChI=1S/C24H43O5P/c1-16(5-4-14-29-30(26,27)28)20-8-9-21-19-7-6-17-15-18(25)10-12-23(17,2)22(19)11-13-24(20,21)3/h16-22,25H,4-15H2,1-3H3,(H2,26,27,28)/t16?,17-,18-,19+,20-,21+,22+,23+,24-/m1/s1. The summed E-state index contributed by atoms with van der Waals surface area (Å²) in [6.07, 6.45) is 12.9. The lowest BCUT2D eigenvalue weighted by Gasteiger charge is -2.61. The van der Waals surface area contributed by atoms with Crippen molar-refractivity contribution in [1.82, 2.24) is 0 Å². The highest BCUT2D eigenvalue weighted by Crippen LogP contribution is 2.68. The molecule has 0 aromatic heterocycles. The summed E-state index contributed by atoms with van der Waals surface area (Å²) < 4.78 is 15.6. The van der Waals surface area contributed by atoms with Crippen LogP contribution >= 0.6 is 7.82 Å². The molecule has 6 heteroatoms. The van der Waals surface area contributed by atoms with Crippen molar-refractivity contribution in [3.8, 4) is 0 Å². The van der Waals surface area contributed by atoms with E-state index in [0.717, 1.165) is 55.3 Å². The third kappa shape index (κ3) is 4.19. The van der Waals surface area contributed by atoms with E-state index >= 15 is 0 Å². The van der Waals surface area contributed by atoms with Gasteiger partial charge in [-0.3, -0.25) is 4.52 Å². The predicted molar refractivity (Wildman–Crippen MR) is 118 cm³/mol. The number of hydrogen-bond acceptors (Lipinski definition) is 3. The molecule has 0 bridgehead atoms. The Balaban J connectivity index is 1.41. The molecular formula is C24H43O5P. The highest BCUT2D eigenvalue weighted by atomic mass is 31.2. The van der Waals surface area contributed by atoms with Gasteiger partial charge in [0.25, 0.3) is 0 Å². The maximum Gasteiger partial charge on any atom is 0.469 e. The Kier molecular flexibility index (Phi) is 6.54. The van der Waals surface area contributed by atoms with Crippen molar-refractivity contribution in [2.45, 2.75) is 97.5 Å². The monoisotopic (exact) mass is 442 g/mol. The van der Waals surface area contributed by atoms with Crippen molar-refractivity contribution in [3.63, 3.8) is 0 Å². The summed E-state index contributed by atoms with van der Waals surface area (Å²) in [7, 11) is -4.34. The summed E-state index contributed by atoms with van der Waals surface area (Å²) in [5, 5.41) is 10.2. The summed E-state index contributed by atoms with van der Waals surface area (Å²) in [6, 6.07) is 0. The summed E-state index contributed by atoms with van der Waals surface area (Å²) in [4.78, 5) is 17.8. The lowest BCUT2D eigenvalue weighted by atomic mass is 9.44. The number of aliphatic hydroxyl groups is 1. The molecule has 4 fully saturated rings. The quantitative estimate of drug-likeness (QED) is 0.372. The molecule has 3 N–H and O–H groups in total. The SMILES string of the molecule is CC(CCCOP(=O)(O)O)[C@H]1CC[C@H]2[C@@H]3CC[C@@H]4C[C@H](O)CC[C@]4(C)[C@H]3CC[C@]12C. The second-order valence-electron chi connectivity index (χ2n) is 11.8. The van der Waals surface area contributed by atoms with Crippen LogP contribution in [0.15, 0.2) is 0 Å². The van der Waals surface area contributed by atoms with Gasteiger partial charge in [-0.25, -0.2) is 4.57 Å². The average Bonchev–Trinajstić information content (AvgIpc) is 3.02. The minimum absolute atomic E-state index is 0.0697. The van der Waals surface area contributed by atoms with Crippen LogP contribution in [0.1, 0.15) is 91.4 Å². The molecule has 174 valence electrons. The molecule has 4 saturated carbocycles. The van der Waals surface area contributed by atoms with Gasteiger partial charge in [0.15, 0.2) is 0 Å². The van der Waals surface area contributed by atoms with Gasteiger partial charge in [0.05, 0.1) is 12.7 Å². The number of aliphatic hydroxyl groups excluding tert-OH is 1. The highest BCUT2D eigenvalue weighted by molar-refractivity contribution is 7.46. The van der Waals surface area contributed by atoms with Gasteiger partial charge in [-0.15, -0.1) is 0 Å². The molecule has 0 spiro atoms. The Morgan fingerprint density at radius 3 is 2.43 bits per heavy atom. The van der Waals surface area contributed by atoms with Crippen LogP contribution in [0.2, 0.25) is 0 Å². The Bertz CT molecular complexity index is 664. The van der Waals surface area contributed by atoms with E-state index in [9.17, 15) is 9.67 Å². The number of rotatable bonds is 6. The molecule has 0 heterocycles. The van der Waals surface area contributed by atoms with Gasteiger partial charge in [-0.2, -0.15) is 0 Å². The fraction of sp³-hybridized carbons (Fsp3) is 1.00. The molecule has 0 aromatic rings. The van der Waals surface area contributed by atoms with E-state index in [2.05, 4.69) is 25.3 Å². The van der Waals surface area contributed by atoms with Crippen LogP contribution in [0.25, 0.3) is 0 Å². The summed E-state index contributed by atoms with van der Waals surface area (Å²) in [5.74, 6) is 4.55. The van der Waals surface area contributed by atoms with E-state index in [1.165, 1.54) is 44.9 Å². The number of fused-ring (bicyclic) bond motifs is 5. The van der Waals surface area contributed by atoms with Gasteiger partial charge in [0, 0.05) is 0 Å². The van der Waals surface area contributed by atoms with Gasteiger partial charge < -0.3 is 14.9 Å². The number of phosphoric acid groups is 1. The molecule has 9 atom stereocenters. The fourth-order valence-corrected chi connectivity index (χ4v) is 9.37. The van der Waals surface area contributed by atoms with Crippen LogP contribution in [0.4, 0.5) is 0 Å². The lowest BCUT2D eigenvalue weighted by Crippen LogP contribution is -2.54. The predicted octanol–water partition coefficient (Wildman–Crippen LogP) is 5.53. The molecule has 0 radical (unpaired) electrons. The van der Waals surface area contributed by atoms with E-state index in [0.29, 0.717) is 16.7 Å². The van der Waals surface area contributed by atoms with Crippen molar-refractivity contribution >= 4 is 7.82 Å². The average molecular weight is 443 g/mol. The highest BCUT2D eigenvalue weighted by Gasteiger charge is 2.60. The van der Waals surface area contributed by atoms with E-state index in [4.69, 9.17) is 9.79 Å². The normalized spacial score (nSPS) is 47.3. The first-order valence-corrected chi connectivity index (χ1v) is 14.0.